The van der Waals surface area contributed by atoms with Gasteiger partial charge in [0, 0.05) is 23.3 Å². The Morgan fingerprint density at radius 3 is 2.19 bits per heavy atom. The molecule has 1 aromatic rings. The number of aromatic nitrogens is 2. The van der Waals surface area contributed by atoms with Crippen LogP contribution in [0.4, 0.5) is 0 Å². The summed E-state index contributed by atoms with van der Waals surface area (Å²) in [6, 6.07) is 0.551. The molecule has 2 N–H and O–H groups in total. The predicted octanol–water partition coefficient (Wildman–Crippen LogP) is 3.00. The molecule has 0 saturated heterocycles. The summed E-state index contributed by atoms with van der Waals surface area (Å²) in [5.74, 6) is 0. The lowest BCUT2D eigenvalue weighted by atomic mass is 10.00. The lowest BCUT2D eigenvalue weighted by Gasteiger charge is -2.14. The molecule has 3 nitrogen and oxygen atoms in total. The smallest absolute Gasteiger partial charge is 0.0672 e. The van der Waals surface area contributed by atoms with Crippen LogP contribution in [0.2, 0.25) is 0 Å². The Kier molecular flexibility index (Phi) is 4.54. The zero-order valence-corrected chi connectivity index (χ0v) is 11.2. The van der Waals surface area contributed by atoms with Gasteiger partial charge in [-0.25, -0.2) is 0 Å². The van der Waals surface area contributed by atoms with E-state index in [1.807, 2.05) is 0 Å². The first-order chi connectivity index (χ1) is 7.56. The van der Waals surface area contributed by atoms with Gasteiger partial charge in [0.2, 0.25) is 0 Å². The van der Waals surface area contributed by atoms with Crippen LogP contribution in [0, 0.1) is 0 Å². The fourth-order valence-corrected chi connectivity index (χ4v) is 2.21. The van der Waals surface area contributed by atoms with Crippen molar-refractivity contribution >= 4 is 0 Å². The van der Waals surface area contributed by atoms with E-state index >= 15 is 0 Å². The van der Waals surface area contributed by atoms with E-state index in [4.69, 9.17) is 10.8 Å². The van der Waals surface area contributed by atoms with E-state index < -0.39 is 0 Å². The quantitative estimate of drug-likeness (QED) is 0.834. The lowest BCUT2D eigenvalue weighted by Crippen LogP contribution is -2.13. The molecule has 0 amide bonds. The first-order valence-electron chi connectivity index (χ1n) is 6.42. The molecule has 0 saturated carbocycles. The van der Waals surface area contributed by atoms with Crippen molar-refractivity contribution in [1.29, 1.82) is 0 Å². The maximum Gasteiger partial charge on any atom is 0.0672 e. The van der Waals surface area contributed by atoms with Crippen LogP contribution in [-0.4, -0.2) is 9.78 Å². The highest BCUT2D eigenvalue weighted by Gasteiger charge is 2.20. The van der Waals surface area contributed by atoms with Gasteiger partial charge in [0.1, 0.15) is 0 Å². The average Bonchev–Trinajstić information content (AvgIpc) is 2.66. The summed E-state index contributed by atoms with van der Waals surface area (Å²) in [6.45, 7) is 10.8. The number of nitrogens with two attached hydrogens (primary N) is 1. The molecule has 0 aromatic carbocycles. The Labute approximate surface area is 99.0 Å². The Bertz CT molecular complexity index is 339. The van der Waals surface area contributed by atoms with Crippen molar-refractivity contribution in [2.45, 2.75) is 66.0 Å². The van der Waals surface area contributed by atoms with Crippen LogP contribution in [0.25, 0.3) is 0 Å². The van der Waals surface area contributed by atoms with Crippen molar-refractivity contribution in [2.24, 2.45) is 5.73 Å². The van der Waals surface area contributed by atoms with Crippen molar-refractivity contribution in [1.82, 2.24) is 9.78 Å². The maximum absolute atomic E-state index is 6.21. The van der Waals surface area contributed by atoms with Crippen LogP contribution in [0.15, 0.2) is 0 Å². The fraction of sp³-hybridized carbons (Fsp3) is 0.769. The third kappa shape index (κ3) is 2.29. The van der Waals surface area contributed by atoms with Crippen LogP contribution >= 0.6 is 0 Å². The van der Waals surface area contributed by atoms with Gasteiger partial charge in [0.15, 0.2) is 0 Å². The molecule has 1 rings (SSSR count). The molecule has 0 spiro atoms. The molecule has 0 fully saturated rings. The lowest BCUT2D eigenvalue weighted by molar-refractivity contribution is 0.505. The number of hydrogen-bond acceptors (Lipinski definition) is 2. The summed E-state index contributed by atoms with van der Waals surface area (Å²) in [5, 5.41) is 4.70. The fourth-order valence-electron chi connectivity index (χ4n) is 2.21. The Morgan fingerprint density at radius 2 is 1.81 bits per heavy atom. The number of aryl methyl sites for hydroxylation is 1. The van der Waals surface area contributed by atoms with Crippen LogP contribution in [0.5, 0.6) is 0 Å². The Morgan fingerprint density at radius 1 is 1.19 bits per heavy atom. The van der Waals surface area contributed by atoms with E-state index in [1.54, 1.807) is 0 Å². The summed E-state index contributed by atoms with van der Waals surface area (Å²) in [5.41, 5.74) is 10.0. The van der Waals surface area contributed by atoms with E-state index in [0.29, 0.717) is 6.04 Å². The van der Waals surface area contributed by atoms with Gasteiger partial charge in [-0.1, -0.05) is 20.8 Å². The Balaban J connectivity index is 3.31. The van der Waals surface area contributed by atoms with Crippen LogP contribution in [-0.2, 0) is 12.8 Å². The van der Waals surface area contributed by atoms with Gasteiger partial charge in [-0.2, -0.15) is 5.10 Å². The van der Waals surface area contributed by atoms with Crippen LogP contribution in [0.3, 0.4) is 0 Å². The Hall–Kier alpha value is -0.830. The second kappa shape index (κ2) is 5.48. The van der Waals surface area contributed by atoms with Gasteiger partial charge in [0.25, 0.3) is 0 Å². The van der Waals surface area contributed by atoms with E-state index in [0.717, 1.165) is 19.3 Å². The molecular weight excluding hydrogens is 198 g/mol. The number of hydrogen-bond donors (Lipinski definition) is 1. The monoisotopic (exact) mass is 223 g/mol. The molecule has 1 heterocycles. The molecule has 1 atom stereocenters. The summed E-state index contributed by atoms with van der Waals surface area (Å²) in [4.78, 5) is 0. The summed E-state index contributed by atoms with van der Waals surface area (Å²) in [6.07, 6.45) is 2.95. The van der Waals surface area contributed by atoms with Crippen LogP contribution < -0.4 is 5.73 Å². The highest BCUT2D eigenvalue weighted by atomic mass is 15.3. The van der Waals surface area contributed by atoms with E-state index in [-0.39, 0.29) is 6.04 Å². The largest absolute Gasteiger partial charge is 0.324 e. The van der Waals surface area contributed by atoms with Gasteiger partial charge in [0.05, 0.1) is 5.69 Å². The van der Waals surface area contributed by atoms with Crippen molar-refractivity contribution in [3.8, 4) is 0 Å². The molecule has 3 heteroatoms. The van der Waals surface area contributed by atoms with Crippen molar-refractivity contribution in [3.05, 3.63) is 17.0 Å². The van der Waals surface area contributed by atoms with Gasteiger partial charge < -0.3 is 5.73 Å². The minimum Gasteiger partial charge on any atom is -0.324 e. The second-order valence-electron chi connectivity index (χ2n) is 4.57. The molecule has 0 aliphatic carbocycles. The third-order valence-corrected chi connectivity index (χ3v) is 3.10. The summed E-state index contributed by atoms with van der Waals surface area (Å²) in [7, 11) is 0. The molecule has 16 heavy (non-hydrogen) atoms. The second-order valence-corrected chi connectivity index (χ2v) is 4.57. The van der Waals surface area contributed by atoms with Gasteiger partial charge in [-0.3, -0.25) is 4.68 Å². The first kappa shape index (κ1) is 13.2. The maximum atomic E-state index is 6.21. The molecule has 0 radical (unpaired) electrons. The topological polar surface area (TPSA) is 43.8 Å². The molecular formula is C13H25N3. The highest BCUT2D eigenvalue weighted by Crippen LogP contribution is 2.26. The highest BCUT2D eigenvalue weighted by molar-refractivity contribution is 5.30. The molecule has 0 bridgehead atoms. The van der Waals surface area contributed by atoms with Crippen molar-refractivity contribution in [2.75, 3.05) is 0 Å². The minimum atomic E-state index is 0.136. The molecule has 1 unspecified atom stereocenters. The first-order valence-corrected chi connectivity index (χ1v) is 6.42. The molecule has 0 aliphatic heterocycles. The van der Waals surface area contributed by atoms with Crippen molar-refractivity contribution < 1.29 is 0 Å². The van der Waals surface area contributed by atoms with E-state index in [9.17, 15) is 0 Å². The summed E-state index contributed by atoms with van der Waals surface area (Å²) >= 11 is 0. The minimum absolute atomic E-state index is 0.136. The zero-order valence-electron chi connectivity index (χ0n) is 11.2. The average molecular weight is 223 g/mol. The normalized spacial score (nSPS) is 13.4. The van der Waals surface area contributed by atoms with E-state index in [1.165, 1.54) is 17.0 Å². The SMILES string of the molecule is CCc1nn(C(C)C)c(CC)c1C(N)CC. The zero-order chi connectivity index (χ0) is 12.3. The molecule has 92 valence electrons. The summed E-state index contributed by atoms with van der Waals surface area (Å²) < 4.78 is 2.14. The van der Waals surface area contributed by atoms with Crippen molar-refractivity contribution in [3.63, 3.8) is 0 Å². The molecule has 0 aliphatic rings. The number of nitrogens with zero attached hydrogens (tertiary/aromatic N) is 2. The third-order valence-electron chi connectivity index (χ3n) is 3.10. The predicted molar refractivity (Wildman–Crippen MR) is 68.6 cm³/mol. The van der Waals surface area contributed by atoms with Gasteiger partial charge >= 0.3 is 0 Å². The number of rotatable bonds is 5. The van der Waals surface area contributed by atoms with Gasteiger partial charge in [-0.15, -0.1) is 0 Å². The standard InChI is InChI=1S/C13H25N3/c1-6-10(14)13-11(7-2)15-16(9(4)5)12(13)8-3/h9-10H,6-8,14H2,1-5H3. The van der Waals surface area contributed by atoms with Crippen LogP contribution in [0.1, 0.15) is 70.1 Å². The van der Waals surface area contributed by atoms with E-state index in [2.05, 4.69) is 39.3 Å². The molecule has 1 aromatic heterocycles. The van der Waals surface area contributed by atoms with Gasteiger partial charge in [-0.05, 0) is 33.1 Å².